The maximum absolute atomic E-state index is 13.1. The molecule has 2 rings (SSSR count). The van der Waals surface area contributed by atoms with Crippen LogP contribution in [0.3, 0.4) is 0 Å². The van der Waals surface area contributed by atoms with Crippen LogP contribution in [0.4, 0.5) is 4.39 Å². The Kier molecular flexibility index (Phi) is 3.62. The van der Waals surface area contributed by atoms with E-state index in [1.807, 2.05) is 0 Å². The highest BCUT2D eigenvalue weighted by molar-refractivity contribution is 5.90. The number of benzene rings is 2. The van der Waals surface area contributed by atoms with Crippen LogP contribution in [0, 0.1) is 12.7 Å². The van der Waals surface area contributed by atoms with Gasteiger partial charge in [0.25, 0.3) is 0 Å². The number of rotatable bonds is 3. The summed E-state index contributed by atoms with van der Waals surface area (Å²) < 4.78 is 13.1. The molecule has 3 nitrogen and oxygen atoms in total. The lowest BCUT2D eigenvalue weighted by atomic mass is 9.96. The number of aryl methyl sites for hydroxylation is 1. The molecule has 0 unspecified atom stereocenters. The van der Waals surface area contributed by atoms with Crippen molar-refractivity contribution in [2.75, 3.05) is 0 Å². The van der Waals surface area contributed by atoms with E-state index in [-0.39, 0.29) is 18.0 Å². The maximum atomic E-state index is 13.1. The molecule has 0 aliphatic rings. The molecule has 19 heavy (non-hydrogen) atoms. The molecule has 0 aliphatic heterocycles. The summed E-state index contributed by atoms with van der Waals surface area (Å²) in [7, 11) is 0. The van der Waals surface area contributed by atoms with Gasteiger partial charge in [-0.1, -0.05) is 6.07 Å². The number of halogens is 1. The minimum atomic E-state index is -1.06. The summed E-state index contributed by atoms with van der Waals surface area (Å²) in [5.74, 6) is -1.39. The zero-order valence-electron chi connectivity index (χ0n) is 10.4. The van der Waals surface area contributed by atoms with E-state index in [2.05, 4.69) is 0 Å². The third kappa shape index (κ3) is 2.80. The van der Waals surface area contributed by atoms with Crippen molar-refractivity contribution >= 4 is 5.97 Å². The van der Waals surface area contributed by atoms with Crippen LogP contribution in [0.2, 0.25) is 0 Å². The molecule has 0 aromatic heterocycles. The zero-order chi connectivity index (χ0) is 14.0. The van der Waals surface area contributed by atoms with Crippen LogP contribution in [0.5, 0.6) is 0 Å². The van der Waals surface area contributed by atoms with Crippen molar-refractivity contribution in [3.05, 3.63) is 58.9 Å². The summed E-state index contributed by atoms with van der Waals surface area (Å²) in [5, 5.41) is 18.2. The molecule has 0 saturated carbocycles. The predicted octanol–water partition coefficient (Wildman–Crippen LogP) is 2.99. The van der Waals surface area contributed by atoms with E-state index in [9.17, 15) is 14.3 Å². The van der Waals surface area contributed by atoms with Gasteiger partial charge in [-0.15, -0.1) is 0 Å². The van der Waals surface area contributed by atoms with Crippen LogP contribution in [-0.4, -0.2) is 16.2 Å². The van der Waals surface area contributed by atoms with Gasteiger partial charge in [-0.25, -0.2) is 9.18 Å². The molecular weight excluding hydrogens is 247 g/mol. The number of hydrogen-bond donors (Lipinski definition) is 2. The SMILES string of the molecule is Cc1cc(F)ccc1-c1cc(CO)cc(C(=O)O)c1. The quantitative estimate of drug-likeness (QED) is 0.892. The molecule has 0 bridgehead atoms. The van der Waals surface area contributed by atoms with E-state index >= 15 is 0 Å². The first-order valence-electron chi connectivity index (χ1n) is 5.76. The third-order valence-electron chi connectivity index (χ3n) is 2.92. The number of aliphatic hydroxyl groups is 1. The predicted molar refractivity (Wildman–Crippen MR) is 69.5 cm³/mol. The van der Waals surface area contributed by atoms with Crippen molar-refractivity contribution in [2.24, 2.45) is 0 Å². The summed E-state index contributed by atoms with van der Waals surface area (Å²) in [6.45, 7) is 1.51. The number of carbonyl (C=O) groups is 1. The van der Waals surface area contributed by atoms with Crippen molar-refractivity contribution in [1.82, 2.24) is 0 Å². The lowest BCUT2D eigenvalue weighted by Crippen LogP contribution is -1.99. The lowest BCUT2D eigenvalue weighted by Gasteiger charge is -2.09. The molecule has 0 fully saturated rings. The molecule has 0 radical (unpaired) electrons. The standard InChI is InChI=1S/C15H13FO3/c1-9-4-13(16)2-3-14(9)11-5-10(8-17)6-12(7-11)15(18)19/h2-7,17H,8H2,1H3,(H,18,19). The van der Waals surface area contributed by atoms with Crippen LogP contribution >= 0.6 is 0 Å². The molecule has 0 heterocycles. The van der Waals surface area contributed by atoms with Crippen LogP contribution in [0.1, 0.15) is 21.5 Å². The van der Waals surface area contributed by atoms with E-state index < -0.39 is 5.97 Å². The Balaban J connectivity index is 2.60. The first-order chi connectivity index (χ1) is 9.01. The smallest absolute Gasteiger partial charge is 0.335 e. The summed E-state index contributed by atoms with van der Waals surface area (Å²) in [4.78, 5) is 11.1. The molecule has 0 spiro atoms. The highest BCUT2D eigenvalue weighted by Crippen LogP contribution is 2.26. The Labute approximate surface area is 109 Å². The van der Waals surface area contributed by atoms with Gasteiger partial charge in [0.2, 0.25) is 0 Å². The fraction of sp³-hybridized carbons (Fsp3) is 0.133. The number of aromatic carboxylic acids is 1. The molecule has 0 saturated heterocycles. The molecule has 2 aromatic rings. The average Bonchev–Trinajstić information content (AvgIpc) is 2.38. The van der Waals surface area contributed by atoms with Gasteiger partial charge in [0.05, 0.1) is 12.2 Å². The van der Waals surface area contributed by atoms with Crippen molar-refractivity contribution in [2.45, 2.75) is 13.5 Å². The van der Waals surface area contributed by atoms with E-state index in [1.54, 1.807) is 19.1 Å². The zero-order valence-corrected chi connectivity index (χ0v) is 10.4. The van der Waals surface area contributed by atoms with Crippen LogP contribution in [0.25, 0.3) is 11.1 Å². The number of hydrogen-bond acceptors (Lipinski definition) is 2. The molecule has 0 amide bonds. The van der Waals surface area contributed by atoms with Gasteiger partial charge in [0, 0.05) is 0 Å². The molecular formula is C15H13FO3. The Morgan fingerprint density at radius 2 is 1.95 bits per heavy atom. The second-order valence-corrected chi connectivity index (χ2v) is 4.34. The molecule has 2 aromatic carbocycles. The Hall–Kier alpha value is -2.20. The van der Waals surface area contributed by atoms with Crippen molar-refractivity contribution in [3.63, 3.8) is 0 Å². The monoisotopic (exact) mass is 260 g/mol. The van der Waals surface area contributed by atoms with E-state index in [0.717, 1.165) is 5.56 Å². The van der Waals surface area contributed by atoms with Crippen LogP contribution in [-0.2, 0) is 6.61 Å². The third-order valence-corrected chi connectivity index (χ3v) is 2.92. The van der Waals surface area contributed by atoms with Gasteiger partial charge >= 0.3 is 5.97 Å². The van der Waals surface area contributed by atoms with Gasteiger partial charge in [0.1, 0.15) is 5.82 Å². The summed E-state index contributed by atoms with van der Waals surface area (Å²) in [6.07, 6.45) is 0. The summed E-state index contributed by atoms with van der Waals surface area (Å²) in [5.41, 5.74) is 2.73. The number of carboxylic acids is 1. The normalized spacial score (nSPS) is 10.5. The Bertz CT molecular complexity index is 635. The van der Waals surface area contributed by atoms with E-state index in [4.69, 9.17) is 5.11 Å². The van der Waals surface area contributed by atoms with Gasteiger partial charge < -0.3 is 10.2 Å². The minimum Gasteiger partial charge on any atom is -0.478 e. The maximum Gasteiger partial charge on any atom is 0.335 e. The van der Waals surface area contributed by atoms with Crippen LogP contribution in [0.15, 0.2) is 36.4 Å². The Morgan fingerprint density at radius 3 is 2.53 bits per heavy atom. The number of carboxylic acid groups (broad SMARTS) is 1. The molecule has 0 atom stereocenters. The highest BCUT2D eigenvalue weighted by Gasteiger charge is 2.10. The Morgan fingerprint density at radius 1 is 1.21 bits per heavy atom. The molecule has 0 aliphatic carbocycles. The number of aliphatic hydroxyl groups excluding tert-OH is 1. The second kappa shape index (κ2) is 5.20. The first kappa shape index (κ1) is 13.2. The highest BCUT2D eigenvalue weighted by atomic mass is 19.1. The van der Waals surface area contributed by atoms with E-state index in [0.29, 0.717) is 16.7 Å². The lowest BCUT2D eigenvalue weighted by molar-refractivity contribution is 0.0696. The largest absolute Gasteiger partial charge is 0.478 e. The summed E-state index contributed by atoms with van der Waals surface area (Å²) >= 11 is 0. The topological polar surface area (TPSA) is 57.5 Å². The van der Waals surface area contributed by atoms with Gasteiger partial charge in [-0.2, -0.15) is 0 Å². The van der Waals surface area contributed by atoms with Crippen molar-refractivity contribution in [3.8, 4) is 11.1 Å². The molecule has 2 N–H and O–H groups in total. The van der Waals surface area contributed by atoms with Gasteiger partial charge in [0.15, 0.2) is 0 Å². The van der Waals surface area contributed by atoms with Crippen molar-refractivity contribution < 1.29 is 19.4 Å². The van der Waals surface area contributed by atoms with Crippen LogP contribution < -0.4 is 0 Å². The first-order valence-corrected chi connectivity index (χ1v) is 5.76. The van der Waals surface area contributed by atoms with Gasteiger partial charge in [-0.05, 0) is 59.5 Å². The van der Waals surface area contributed by atoms with Gasteiger partial charge in [-0.3, -0.25) is 0 Å². The fourth-order valence-electron chi connectivity index (χ4n) is 2.01. The second-order valence-electron chi connectivity index (χ2n) is 4.34. The average molecular weight is 260 g/mol. The molecule has 4 heteroatoms. The minimum absolute atomic E-state index is 0.102. The fourth-order valence-corrected chi connectivity index (χ4v) is 2.01. The molecule has 98 valence electrons. The van der Waals surface area contributed by atoms with E-state index in [1.165, 1.54) is 24.3 Å². The van der Waals surface area contributed by atoms with Crippen molar-refractivity contribution in [1.29, 1.82) is 0 Å². The summed E-state index contributed by atoms with van der Waals surface area (Å²) in [6, 6.07) is 8.96.